The van der Waals surface area contributed by atoms with E-state index in [-0.39, 0.29) is 5.43 Å². The van der Waals surface area contributed by atoms with Crippen LogP contribution in [-0.2, 0) is 0 Å². The Balaban J connectivity index is 2.26. The number of H-pyrrole nitrogens is 1. The van der Waals surface area contributed by atoms with Gasteiger partial charge in [0, 0.05) is 23.5 Å². The van der Waals surface area contributed by atoms with Gasteiger partial charge in [-0.15, -0.1) is 0 Å². The SMILES string of the molecule is Cc1c(C)n(-c2nc3ccccc3[nH]2)ccc1=O. The lowest BCUT2D eigenvalue weighted by atomic mass is 10.2. The number of para-hydroxylation sites is 2. The highest BCUT2D eigenvalue weighted by molar-refractivity contribution is 5.76. The van der Waals surface area contributed by atoms with E-state index >= 15 is 0 Å². The number of nitrogens with zero attached hydrogens (tertiary/aromatic N) is 2. The average molecular weight is 239 g/mol. The van der Waals surface area contributed by atoms with E-state index in [1.807, 2.05) is 42.7 Å². The smallest absolute Gasteiger partial charge is 0.212 e. The number of nitrogens with one attached hydrogen (secondary N) is 1. The van der Waals surface area contributed by atoms with Gasteiger partial charge >= 0.3 is 0 Å². The highest BCUT2D eigenvalue weighted by atomic mass is 16.1. The molecule has 1 N–H and O–H groups in total. The minimum atomic E-state index is 0.0554. The number of pyridine rings is 1. The molecule has 0 aliphatic rings. The Labute approximate surface area is 104 Å². The van der Waals surface area contributed by atoms with Crippen LogP contribution in [0.15, 0.2) is 41.3 Å². The standard InChI is InChI=1S/C14H13N3O/c1-9-10(2)17(8-7-13(9)18)14-15-11-5-3-4-6-12(11)16-14/h3-8H,1-2H3,(H,15,16). The first-order valence-corrected chi connectivity index (χ1v) is 5.81. The molecule has 0 bridgehead atoms. The summed E-state index contributed by atoms with van der Waals surface area (Å²) in [6.45, 7) is 3.75. The van der Waals surface area contributed by atoms with Crippen LogP contribution in [0.25, 0.3) is 17.0 Å². The van der Waals surface area contributed by atoms with Crippen LogP contribution in [0.3, 0.4) is 0 Å². The zero-order valence-electron chi connectivity index (χ0n) is 10.3. The zero-order valence-corrected chi connectivity index (χ0v) is 10.3. The number of benzene rings is 1. The van der Waals surface area contributed by atoms with Gasteiger partial charge in [0.25, 0.3) is 0 Å². The lowest BCUT2D eigenvalue weighted by Crippen LogP contribution is -2.13. The van der Waals surface area contributed by atoms with E-state index in [4.69, 9.17) is 0 Å². The Morgan fingerprint density at radius 2 is 1.94 bits per heavy atom. The molecule has 0 atom stereocenters. The summed E-state index contributed by atoms with van der Waals surface area (Å²) in [5.74, 6) is 0.733. The molecule has 0 aliphatic carbocycles. The Bertz CT molecular complexity index is 750. The van der Waals surface area contributed by atoms with E-state index in [1.54, 1.807) is 12.3 Å². The van der Waals surface area contributed by atoms with E-state index in [9.17, 15) is 4.79 Å². The van der Waals surface area contributed by atoms with Gasteiger partial charge in [-0.2, -0.15) is 0 Å². The topological polar surface area (TPSA) is 50.7 Å². The summed E-state index contributed by atoms with van der Waals surface area (Å²) < 4.78 is 1.90. The van der Waals surface area contributed by atoms with Crippen molar-refractivity contribution in [3.05, 3.63) is 58.0 Å². The Hall–Kier alpha value is -2.36. The molecule has 2 aromatic heterocycles. The first kappa shape index (κ1) is 10.8. The van der Waals surface area contributed by atoms with Crippen molar-refractivity contribution in [2.75, 3.05) is 0 Å². The summed E-state index contributed by atoms with van der Waals surface area (Å²) in [5, 5.41) is 0. The molecule has 0 saturated heterocycles. The second-order valence-corrected chi connectivity index (χ2v) is 4.34. The number of rotatable bonds is 1. The molecule has 4 heteroatoms. The Kier molecular flexibility index (Phi) is 2.30. The molecular formula is C14H13N3O. The van der Waals surface area contributed by atoms with E-state index in [0.29, 0.717) is 0 Å². The van der Waals surface area contributed by atoms with Gasteiger partial charge in [-0.05, 0) is 26.0 Å². The maximum absolute atomic E-state index is 11.6. The predicted octanol–water partition coefficient (Wildman–Crippen LogP) is 2.33. The fourth-order valence-corrected chi connectivity index (χ4v) is 2.02. The molecule has 18 heavy (non-hydrogen) atoms. The minimum Gasteiger partial charge on any atom is -0.323 e. The summed E-state index contributed by atoms with van der Waals surface area (Å²) in [5.41, 5.74) is 3.62. The van der Waals surface area contributed by atoms with Crippen LogP contribution < -0.4 is 5.43 Å². The molecule has 0 fully saturated rings. The second-order valence-electron chi connectivity index (χ2n) is 4.34. The van der Waals surface area contributed by atoms with Gasteiger partial charge in [-0.1, -0.05) is 12.1 Å². The predicted molar refractivity (Wildman–Crippen MR) is 71.2 cm³/mol. The third-order valence-electron chi connectivity index (χ3n) is 3.25. The maximum atomic E-state index is 11.6. The molecule has 0 aliphatic heterocycles. The third kappa shape index (κ3) is 1.54. The van der Waals surface area contributed by atoms with Crippen LogP contribution in [0.2, 0.25) is 0 Å². The monoisotopic (exact) mass is 239 g/mol. The van der Waals surface area contributed by atoms with E-state index in [1.165, 1.54) is 0 Å². The van der Waals surface area contributed by atoms with Crippen molar-refractivity contribution in [1.82, 2.24) is 14.5 Å². The number of aromatic amines is 1. The van der Waals surface area contributed by atoms with Crippen molar-refractivity contribution >= 4 is 11.0 Å². The molecule has 0 radical (unpaired) electrons. The molecular weight excluding hydrogens is 226 g/mol. The van der Waals surface area contributed by atoms with Gasteiger partial charge in [-0.3, -0.25) is 9.36 Å². The zero-order chi connectivity index (χ0) is 12.7. The van der Waals surface area contributed by atoms with E-state index in [2.05, 4.69) is 9.97 Å². The van der Waals surface area contributed by atoms with Crippen LogP contribution in [-0.4, -0.2) is 14.5 Å². The number of hydrogen-bond acceptors (Lipinski definition) is 2. The van der Waals surface area contributed by atoms with Crippen molar-refractivity contribution in [3.8, 4) is 5.95 Å². The van der Waals surface area contributed by atoms with Gasteiger partial charge in [0.2, 0.25) is 5.95 Å². The maximum Gasteiger partial charge on any atom is 0.212 e. The van der Waals surface area contributed by atoms with E-state index in [0.717, 1.165) is 28.2 Å². The number of hydrogen-bond donors (Lipinski definition) is 1. The van der Waals surface area contributed by atoms with Gasteiger partial charge in [0.1, 0.15) is 0 Å². The fraction of sp³-hybridized carbons (Fsp3) is 0.143. The molecule has 4 nitrogen and oxygen atoms in total. The van der Waals surface area contributed by atoms with Gasteiger partial charge in [-0.25, -0.2) is 4.98 Å². The largest absolute Gasteiger partial charge is 0.323 e. The first-order valence-electron chi connectivity index (χ1n) is 5.81. The summed E-state index contributed by atoms with van der Waals surface area (Å²) in [7, 11) is 0. The van der Waals surface area contributed by atoms with Crippen LogP contribution in [0.5, 0.6) is 0 Å². The Morgan fingerprint density at radius 1 is 1.17 bits per heavy atom. The molecule has 1 aromatic carbocycles. The molecule has 90 valence electrons. The summed E-state index contributed by atoms with van der Waals surface area (Å²) >= 11 is 0. The number of imidazole rings is 1. The van der Waals surface area contributed by atoms with Crippen molar-refractivity contribution in [3.63, 3.8) is 0 Å². The van der Waals surface area contributed by atoms with Crippen LogP contribution >= 0.6 is 0 Å². The highest BCUT2D eigenvalue weighted by Gasteiger charge is 2.08. The van der Waals surface area contributed by atoms with Crippen molar-refractivity contribution < 1.29 is 0 Å². The van der Waals surface area contributed by atoms with Crippen LogP contribution in [0.1, 0.15) is 11.3 Å². The second kappa shape index (κ2) is 3.84. The van der Waals surface area contributed by atoms with E-state index < -0.39 is 0 Å². The minimum absolute atomic E-state index is 0.0554. The lowest BCUT2D eigenvalue weighted by molar-refractivity contribution is 0.894. The van der Waals surface area contributed by atoms with Gasteiger partial charge in [0.15, 0.2) is 5.43 Å². The average Bonchev–Trinajstić information content (AvgIpc) is 2.79. The van der Waals surface area contributed by atoms with Crippen molar-refractivity contribution in [1.29, 1.82) is 0 Å². The van der Waals surface area contributed by atoms with Crippen LogP contribution in [0.4, 0.5) is 0 Å². The van der Waals surface area contributed by atoms with Crippen molar-refractivity contribution in [2.45, 2.75) is 13.8 Å². The third-order valence-corrected chi connectivity index (χ3v) is 3.25. The molecule has 3 rings (SSSR count). The Morgan fingerprint density at radius 3 is 2.72 bits per heavy atom. The number of fused-ring (bicyclic) bond motifs is 1. The first-order chi connectivity index (χ1) is 8.66. The quantitative estimate of drug-likeness (QED) is 0.708. The number of aromatic nitrogens is 3. The molecule has 3 aromatic rings. The molecule has 0 amide bonds. The molecule has 0 saturated carbocycles. The van der Waals surface area contributed by atoms with Crippen molar-refractivity contribution in [2.24, 2.45) is 0 Å². The lowest BCUT2D eigenvalue weighted by Gasteiger charge is -2.08. The molecule has 0 spiro atoms. The van der Waals surface area contributed by atoms with Gasteiger partial charge in [0.05, 0.1) is 11.0 Å². The normalized spacial score (nSPS) is 11.0. The fourth-order valence-electron chi connectivity index (χ4n) is 2.02. The molecule has 2 heterocycles. The van der Waals surface area contributed by atoms with Gasteiger partial charge < -0.3 is 4.98 Å². The summed E-state index contributed by atoms with van der Waals surface area (Å²) in [6.07, 6.45) is 1.75. The molecule has 0 unspecified atom stereocenters. The summed E-state index contributed by atoms with van der Waals surface area (Å²) in [4.78, 5) is 19.3. The van der Waals surface area contributed by atoms with Crippen LogP contribution in [0, 0.1) is 13.8 Å². The summed E-state index contributed by atoms with van der Waals surface area (Å²) in [6, 6.07) is 9.43. The highest BCUT2D eigenvalue weighted by Crippen LogP contribution is 2.15.